The topological polar surface area (TPSA) is 112 Å². The van der Waals surface area contributed by atoms with E-state index in [2.05, 4.69) is 13.8 Å². The Balaban J connectivity index is 1.27. The van der Waals surface area contributed by atoms with Crippen LogP contribution in [0.3, 0.4) is 0 Å². The second kappa shape index (κ2) is 15.2. The number of methoxy groups -OCH3 is 2. The highest BCUT2D eigenvalue weighted by atomic mass is 16.5. The van der Waals surface area contributed by atoms with Crippen molar-refractivity contribution in [1.82, 2.24) is 0 Å². The number of nitrogens with zero attached hydrogens (tertiary/aromatic N) is 2. The lowest BCUT2D eigenvalue weighted by Crippen LogP contribution is -2.41. The average Bonchev–Trinajstić information content (AvgIpc) is 3.33. The summed E-state index contributed by atoms with van der Waals surface area (Å²) in [6, 6.07) is 36.9. The van der Waals surface area contributed by atoms with Crippen molar-refractivity contribution in [1.29, 1.82) is 0 Å². The number of aryl methyl sites for hydroxylation is 4. The molecule has 0 fully saturated rings. The third-order valence-electron chi connectivity index (χ3n) is 13.2. The molecule has 0 spiro atoms. The fraction of sp³-hybridized carbons (Fsp3) is 0.143. The Bertz CT molecular complexity index is 3340. The van der Waals surface area contributed by atoms with Gasteiger partial charge >= 0.3 is 0 Å². The molecule has 11 rings (SSSR count). The maximum absolute atomic E-state index is 15.2. The number of hydrogen-bond donors (Lipinski definition) is 0. The van der Waals surface area contributed by atoms with Crippen molar-refractivity contribution < 1.29 is 38.1 Å². The van der Waals surface area contributed by atoms with Gasteiger partial charge in [0.25, 0.3) is 23.6 Å². The molecule has 0 atom stereocenters. The highest BCUT2D eigenvalue weighted by Gasteiger charge is 2.41. The second-order valence-electron chi connectivity index (χ2n) is 16.8. The van der Waals surface area contributed by atoms with Gasteiger partial charge in [-0.25, -0.2) is 9.80 Å². The van der Waals surface area contributed by atoms with Gasteiger partial charge in [-0.15, -0.1) is 0 Å². The van der Waals surface area contributed by atoms with Crippen molar-refractivity contribution in [2.24, 2.45) is 0 Å². The van der Waals surface area contributed by atoms with E-state index in [0.29, 0.717) is 111 Å². The van der Waals surface area contributed by atoms with E-state index in [1.165, 1.54) is 24.0 Å². The molecule has 66 heavy (non-hydrogen) atoms. The summed E-state index contributed by atoms with van der Waals surface area (Å²) < 4.78 is 25.2. The molecule has 0 saturated carbocycles. The van der Waals surface area contributed by atoms with Crippen LogP contribution in [0.25, 0.3) is 43.1 Å². The maximum Gasteiger partial charge on any atom is 0.266 e. The Morgan fingerprint density at radius 1 is 0.409 bits per heavy atom. The lowest BCUT2D eigenvalue weighted by atomic mass is 9.81. The van der Waals surface area contributed by atoms with E-state index in [-0.39, 0.29) is 11.1 Å². The Hall–Kier alpha value is -8.24. The summed E-state index contributed by atoms with van der Waals surface area (Å²) in [5.41, 5.74) is 5.47. The lowest BCUT2D eigenvalue weighted by molar-refractivity contribution is 0.0876. The molecule has 2 aliphatic rings. The molecule has 0 radical (unpaired) electrons. The monoisotopic (exact) mass is 870 g/mol. The van der Waals surface area contributed by atoms with Gasteiger partial charge in [0.15, 0.2) is 0 Å². The van der Waals surface area contributed by atoms with E-state index in [0.717, 1.165) is 24.0 Å². The molecular weight excluding hydrogens is 829 g/mol. The van der Waals surface area contributed by atoms with Crippen LogP contribution in [-0.4, -0.2) is 37.8 Å². The van der Waals surface area contributed by atoms with Gasteiger partial charge in [-0.1, -0.05) is 74.5 Å². The number of imide groups is 2. The maximum atomic E-state index is 15.2. The quantitative estimate of drug-likeness (QED) is 0.0759. The molecule has 324 valence electrons. The molecule has 0 saturated heterocycles. The zero-order valence-corrected chi connectivity index (χ0v) is 37.1. The van der Waals surface area contributed by atoms with Crippen molar-refractivity contribution in [2.45, 2.75) is 40.5 Å². The van der Waals surface area contributed by atoms with Crippen LogP contribution in [0.5, 0.6) is 34.5 Å². The van der Waals surface area contributed by atoms with Crippen LogP contribution in [0.4, 0.5) is 11.4 Å². The summed E-state index contributed by atoms with van der Waals surface area (Å²) in [5, 5.41) is 4.59. The molecule has 0 bridgehead atoms. The van der Waals surface area contributed by atoms with Crippen molar-refractivity contribution in [2.75, 3.05) is 24.0 Å². The summed E-state index contributed by atoms with van der Waals surface area (Å²) in [6.07, 6.45) is 1.67. The number of hydrogen-bond acceptors (Lipinski definition) is 8. The minimum atomic E-state index is -0.540. The average molecular weight is 871 g/mol. The first-order valence-corrected chi connectivity index (χ1v) is 21.9. The molecule has 10 heteroatoms. The molecular formula is C56H42N2O8. The van der Waals surface area contributed by atoms with E-state index >= 15 is 9.59 Å². The highest BCUT2D eigenvalue weighted by molar-refractivity contribution is 6.47. The molecule has 4 amide bonds. The number of amides is 4. The largest absolute Gasteiger partial charge is 0.495 e. The smallest absolute Gasteiger partial charge is 0.266 e. The van der Waals surface area contributed by atoms with Crippen molar-refractivity contribution >= 4 is 78.1 Å². The number of fused-ring (bicyclic) bond motifs is 2. The van der Waals surface area contributed by atoms with Crippen molar-refractivity contribution in [3.8, 4) is 34.5 Å². The first kappa shape index (κ1) is 40.5. The van der Waals surface area contributed by atoms with E-state index < -0.39 is 23.6 Å². The molecule has 9 aromatic carbocycles. The van der Waals surface area contributed by atoms with Crippen LogP contribution < -0.4 is 28.7 Å². The summed E-state index contributed by atoms with van der Waals surface area (Å²) in [5.74, 6) is 0.430. The zero-order valence-electron chi connectivity index (χ0n) is 37.1. The van der Waals surface area contributed by atoms with Gasteiger partial charge in [-0.2, -0.15) is 0 Å². The number of ether oxygens (including phenoxy) is 4. The molecule has 0 aromatic heterocycles. The van der Waals surface area contributed by atoms with E-state index in [1.807, 2.05) is 98.8 Å². The van der Waals surface area contributed by atoms with Gasteiger partial charge < -0.3 is 18.9 Å². The van der Waals surface area contributed by atoms with Gasteiger partial charge in [-0.05, 0) is 120 Å². The standard InChI is InChI=1S/C56H42N2O8/c1-7-31-15-19-33(20-16-31)65-43-27-39-45-37(53(59)57(55(39)61)51-29(3)11-9-13-41(51)63-5)26-24-36-48-44(66-34-21-17-32(8-2)18-22-34)28-40-46-38(25-23-35(50(46)48)47(43)49(36)45)54(60)58(56(40)62)52-30(4)12-10-14-42(52)64-6/h9-28H,7-8H2,1-6H3. The van der Waals surface area contributed by atoms with Crippen LogP contribution in [0.2, 0.25) is 0 Å². The summed E-state index contributed by atoms with van der Waals surface area (Å²) in [7, 11) is 3.02. The summed E-state index contributed by atoms with van der Waals surface area (Å²) >= 11 is 0. The molecule has 10 nitrogen and oxygen atoms in total. The molecule has 0 unspecified atom stereocenters. The predicted molar refractivity (Wildman–Crippen MR) is 257 cm³/mol. The second-order valence-corrected chi connectivity index (χ2v) is 16.8. The number of rotatable bonds is 10. The van der Waals surface area contributed by atoms with Gasteiger partial charge in [0.05, 0.1) is 36.7 Å². The predicted octanol–water partition coefficient (Wildman–Crippen LogP) is 12.7. The first-order chi connectivity index (χ1) is 32.1. The third-order valence-corrected chi connectivity index (χ3v) is 13.2. The van der Waals surface area contributed by atoms with E-state index in [1.54, 1.807) is 36.4 Å². The van der Waals surface area contributed by atoms with Crippen molar-refractivity contribution in [3.63, 3.8) is 0 Å². The number of carbonyl (C=O) groups excluding carboxylic acids is 4. The SMILES string of the molecule is CCc1ccc(Oc2cc3c4c(ccc5c6c(Oc7ccc(CC)cc7)cc7c8c(ccc(c2c45)c86)C(=O)N(c2c(C)cccc2OC)C7=O)C(=O)N(c2c(C)cccc2OC)C3=O)cc1. The normalized spacial score (nSPS) is 13.5. The highest BCUT2D eigenvalue weighted by Crippen LogP contribution is 2.54. The van der Waals surface area contributed by atoms with Crippen LogP contribution in [0.1, 0.15) is 77.5 Å². The van der Waals surface area contributed by atoms with Gasteiger partial charge in [-0.3, -0.25) is 19.2 Å². The number of para-hydroxylation sites is 2. The molecule has 9 aromatic rings. The number of anilines is 2. The first-order valence-electron chi connectivity index (χ1n) is 21.9. The van der Waals surface area contributed by atoms with Crippen LogP contribution >= 0.6 is 0 Å². The number of benzene rings is 9. The van der Waals surface area contributed by atoms with Gasteiger partial charge in [0.2, 0.25) is 0 Å². The Morgan fingerprint density at radius 2 is 0.788 bits per heavy atom. The van der Waals surface area contributed by atoms with Gasteiger partial charge in [0, 0.05) is 43.4 Å². The van der Waals surface area contributed by atoms with E-state index in [4.69, 9.17) is 18.9 Å². The Kier molecular flexibility index (Phi) is 9.33. The van der Waals surface area contributed by atoms with Crippen LogP contribution in [0.15, 0.2) is 121 Å². The Labute approximate surface area is 379 Å². The summed E-state index contributed by atoms with van der Waals surface area (Å²) in [4.78, 5) is 62.5. The number of carbonyl (C=O) groups is 4. The summed E-state index contributed by atoms with van der Waals surface area (Å²) in [6.45, 7) is 7.83. The lowest BCUT2D eigenvalue weighted by Gasteiger charge is -2.32. The molecule has 0 aliphatic carbocycles. The fourth-order valence-corrected chi connectivity index (χ4v) is 9.97. The zero-order chi connectivity index (χ0) is 45.7. The van der Waals surface area contributed by atoms with Crippen molar-refractivity contribution in [3.05, 3.63) is 166 Å². The third kappa shape index (κ3) is 5.80. The fourth-order valence-electron chi connectivity index (χ4n) is 9.97. The minimum Gasteiger partial charge on any atom is -0.495 e. The molecule has 0 N–H and O–H groups in total. The minimum absolute atomic E-state index is 0.260. The Morgan fingerprint density at radius 3 is 1.15 bits per heavy atom. The van der Waals surface area contributed by atoms with Crippen LogP contribution in [0, 0.1) is 13.8 Å². The molecule has 2 heterocycles. The van der Waals surface area contributed by atoms with Crippen LogP contribution in [-0.2, 0) is 12.8 Å². The van der Waals surface area contributed by atoms with Gasteiger partial charge in [0.1, 0.15) is 34.5 Å². The molecule has 2 aliphatic heterocycles. The van der Waals surface area contributed by atoms with E-state index in [9.17, 15) is 9.59 Å².